The van der Waals surface area contributed by atoms with Crippen molar-refractivity contribution >= 4 is 5.65 Å². The van der Waals surface area contributed by atoms with Gasteiger partial charge >= 0.3 is 6.01 Å². The molecule has 4 rings (SSSR count). The normalized spacial score (nSPS) is 11.8. The van der Waals surface area contributed by atoms with Gasteiger partial charge in [0.25, 0.3) is 0 Å². The lowest BCUT2D eigenvalue weighted by molar-refractivity contribution is 0.227. The minimum absolute atomic E-state index is 0.143. The fourth-order valence-corrected chi connectivity index (χ4v) is 3.24. The highest BCUT2D eigenvalue weighted by atomic mass is 19.1. The number of halogens is 2. The predicted octanol–water partition coefficient (Wildman–Crippen LogP) is 3.71. The van der Waals surface area contributed by atoms with E-state index in [0.717, 1.165) is 5.56 Å². The van der Waals surface area contributed by atoms with Crippen LogP contribution in [0.2, 0.25) is 0 Å². The SMILES string of the molecule is Cc1cc(OCc2c(F)cccc2F)c2nc(C)c(-c3nc(OCC(C)(C)N)n[nH]3)n2c1. The summed E-state index contributed by atoms with van der Waals surface area (Å²) in [7, 11) is 0. The summed E-state index contributed by atoms with van der Waals surface area (Å²) in [4.78, 5) is 8.98. The van der Waals surface area contributed by atoms with E-state index in [1.807, 2.05) is 33.9 Å². The molecule has 0 aliphatic heterocycles. The lowest BCUT2D eigenvalue weighted by atomic mass is 10.1. The molecule has 0 amide bonds. The number of fused-ring (bicyclic) bond motifs is 1. The highest BCUT2D eigenvalue weighted by Crippen LogP contribution is 2.30. The lowest BCUT2D eigenvalue weighted by Crippen LogP contribution is -2.38. The average Bonchev–Trinajstić information content (AvgIpc) is 3.29. The second-order valence-corrected chi connectivity index (χ2v) is 8.35. The molecule has 0 aliphatic carbocycles. The van der Waals surface area contributed by atoms with E-state index in [9.17, 15) is 8.78 Å². The van der Waals surface area contributed by atoms with Gasteiger partial charge in [0.1, 0.15) is 30.5 Å². The van der Waals surface area contributed by atoms with Crippen LogP contribution in [0.1, 0.15) is 30.7 Å². The molecule has 168 valence electrons. The Morgan fingerprint density at radius 3 is 2.53 bits per heavy atom. The number of rotatable bonds is 7. The summed E-state index contributed by atoms with van der Waals surface area (Å²) in [5.74, 6) is -0.480. The van der Waals surface area contributed by atoms with Crippen molar-refractivity contribution in [3.8, 4) is 23.3 Å². The summed E-state index contributed by atoms with van der Waals surface area (Å²) in [5.41, 5.74) is 7.95. The monoisotopic (exact) mass is 442 g/mol. The van der Waals surface area contributed by atoms with Gasteiger partial charge in [-0.05, 0) is 51.5 Å². The van der Waals surface area contributed by atoms with E-state index >= 15 is 0 Å². The third-order valence-corrected chi connectivity index (χ3v) is 4.69. The predicted molar refractivity (Wildman–Crippen MR) is 114 cm³/mol. The Bertz CT molecular complexity index is 1260. The van der Waals surface area contributed by atoms with E-state index in [0.29, 0.717) is 28.6 Å². The molecular weight excluding hydrogens is 418 g/mol. The molecule has 32 heavy (non-hydrogen) atoms. The van der Waals surface area contributed by atoms with E-state index in [1.54, 1.807) is 10.5 Å². The number of benzene rings is 1. The topological polar surface area (TPSA) is 103 Å². The van der Waals surface area contributed by atoms with Crippen LogP contribution in [-0.2, 0) is 6.61 Å². The van der Waals surface area contributed by atoms with Gasteiger partial charge in [-0.1, -0.05) is 6.07 Å². The van der Waals surface area contributed by atoms with Gasteiger partial charge in [0.15, 0.2) is 17.2 Å². The molecule has 0 aliphatic rings. The van der Waals surface area contributed by atoms with Crippen molar-refractivity contribution in [1.82, 2.24) is 24.6 Å². The molecule has 0 unspecified atom stereocenters. The van der Waals surface area contributed by atoms with E-state index in [2.05, 4.69) is 20.2 Å². The Kier molecular flexibility index (Phi) is 5.55. The first kappa shape index (κ1) is 21.7. The quantitative estimate of drug-likeness (QED) is 0.452. The van der Waals surface area contributed by atoms with Crippen molar-refractivity contribution < 1.29 is 18.3 Å². The van der Waals surface area contributed by atoms with E-state index in [4.69, 9.17) is 15.2 Å². The maximum atomic E-state index is 14.0. The zero-order valence-corrected chi connectivity index (χ0v) is 18.2. The molecule has 8 nitrogen and oxygen atoms in total. The highest BCUT2D eigenvalue weighted by molar-refractivity contribution is 5.66. The van der Waals surface area contributed by atoms with Gasteiger partial charge in [0.05, 0.1) is 11.3 Å². The summed E-state index contributed by atoms with van der Waals surface area (Å²) in [5, 5.41) is 6.96. The number of pyridine rings is 1. The maximum Gasteiger partial charge on any atom is 0.335 e. The Morgan fingerprint density at radius 2 is 1.84 bits per heavy atom. The van der Waals surface area contributed by atoms with E-state index < -0.39 is 17.2 Å². The molecule has 0 saturated carbocycles. The summed E-state index contributed by atoms with van der Waals surface area (Å²) in [6.07, 6.45) is 1.87. The van der Waals surface area contributed by atoms with Crippen molar-refractivity contribution in [2.24, 2.45) is 5.73 Å². The van der Waals surface area contributed by atoms with Gasteiger partial charge in [0, 0.05) is 11.7 Å². The summed E-state index contributed by atoms with van der Waals surface area (Å²) < 4.78 is 41.1. The number of nitrogens with zero attached hydrogens (tertiary/aromatic N) is 4. The Labute approximate surface area is 183 Å². The Hall–Kier alpha value is -3.53. The largest absolute Gasteiger partial charge is 0.485 e. The van der Waals surface area contributed by atoms with Crippen molar-refractivity contribution in [2.45, 2.75) is 39.8 Å². The molecule has 10 heteroatoms. The van der Waals surface area contributed by atoms with Crippen LogP contribution in [0.15, 0.2) is 30.5 Å². The Morgan fingerprint density at radius 1 is 1.12 bits per heavy atom. The molecule has 3 aromatic heterocycles. The fraction of sp³-hybridized carbons (Fsp3) is 0.318. The summed E-state index contributed by atoms with van der Waals surface area (Å²) in [6, 6.07) is 5.64. The first-order chi connectivity index (χ1) is 15.1. The Balaban J connectivity index is 1.67. The number of hydrogen-bond donors (Lipinski definition) is 2. The van der Waals surface area contributed by atoms with E-state index in [-0.39, 0.29) is 24.8 Å². The van der Waals surface area contributed by atoms with Gasteiger partial charge in [-0.2, -0.15) is 4.98 Å². The first-order valence-electron chi connectivity index (χ1n) is 10.0. The van der Waals surface area contributed by atoms with Gasteiger partial charge in [-0.25, -0.2) is 13.8 Å². The number of imidazole rings is 1. The average molecular weight is 442 g/mol. The van der Waals surface area contributed by atoms with Crippen molar-refractivity contribution in [2.75, 3.05) is 6.61 Å². The van der Waals surface area contributed by atoms with Crippen molar-refractivity contribution in [3.05, 3.63) is 58.9 Å². The second kappa shape index (κ2) is 8.19. The van der Waals surface area contributed by atoms with Crippen LogP contribution in [0.3, 0.4) is 0 Å². The van der Waals surface area contributed by atoms with Crippen LogP contribution in [0.5, 0.6) is 11.8 Å². The number of aryl methyl sites for hydroxylation is 2. The van der Waals surface area contributed by atoms with Gasteiger partial charge in [-0.3, -0.25) is 9.50 Å². The third-order valence-electron chi connectivity index (χ3n) is 4.69. The minimum Gasteiger partial charge on any atom is -0.485 e. The van der Waals surface area contributed by atoms with Crippen LogP contribution in [0, 0.1) is 25.5 Å². The number of nitrogens with two attached hydrogens (primary N) is 1. The molecule has 0 saturated heterocycles. The van der Waals surface area contributed by atoms with Crippen LogP contribution in [0.25, 0.3) is 17.2 Å². The molecule has 1 aromatic carbocycles. The number of aromatic amines is 1. The van der Waals surface area contributed by atoms with Gasteiger partial charge in [-0.15, -0.1) is 5.10 Å². The summed E-state index contributed by atoms with van der Waals surface area (Å²) >= 11 is 0. The van der Waals surface area contributed by atoms with Crippen molar-refractivity contribution in [1.29, 1.82) is 0 Å². The lowest BCUT2D eigenvalue weighted by Gasteiger charge is -2.16. The molecule has 0 spiro atoms. The number of H-pyrrole nitrogens is 1. The molecule has 3 N–H and O–H groups in total. The standard InChI is InChI=1S/C22H24F2N6O2/c1-12-8-17(31-10-14-15(23)6-5-7-16(14)24)20-26-13(2)18(30(20)9-12)19-27-21(29-28-19)32-11-22(3,4)25/h5-9H,10-11,25H2,1-4H3,(H,27,28,29). The number of nitrogens with one attached hydrogen (secondary N) is 1. The molecule has 0 bridgehead atoms. The van der Waals surface area contributed by atoms with Crippen LogP contribution < -0.4 is 15.2 Å². The number of aromatic nitrogens is 5. The van der Waals surface area contributed by atoms with Crippen LogP contribution >= 0.6 is 0 Å². The van der Waals surface area contributed by atoms with Crippen molar-refractivity contribution in [3.63, 3.8) is 0 Å². The first-order valence-corrected chi connectivity index (χ1v) is 10.0. The summed E-state index contributed by atoms with van der Waals surface area (Å²) in [6.45, 7) is 7.37. The number of hydrogen-bond acceptors (Lipinski definition) is 6. The zero-order chi connectivity index (χ0) is 23.0. The van der Waals surface area contributed by atoms with Crippen LogP contribution in [-0.4, -0.2) is 36.7 Å². The third kappa shape index (κ3) is 4.40. The fourth-order valence-electron chi connectivity index (χ4n) is 3.24. The zero-order valence-electron chi connectivity index (χ0n) is 18.2. The molecule has 0 atom stereocenters. The molecular formula is C22H24F2N6O2. The maximum absolute atomic E-state index is 14.0. The molecule has 3 heterocycles. The molecule has 4 aromatic rings. The van der Waals surface area contributed by atoms with Crippen LogP contribution in [0.4, 0.5) is 8.78 Å². The second-order valence-electron chi connectivity index (χ2n) is 8.35. The van der Waals surface area contributed by atoms with Gasteiger partial charge < -0.3 is 15.2 Å². The van der Waals surface area contributed by atoms with Gasteiger partial charge in [0.2, 0.25) is 0 Å². The molecule has 0 radical (unpaired) electrons. The van der Waals surface area contributed by atoms with E-state index in [1.165, 1.54) is 18.2 Å². The molecule has 0 fully saturated rings. The number of ether oxygens (including phenoxy) is 2. The smallest absolute Gasteiger partial charge is 0.335 e. The highest BCUT2D eigenvalue weighted by Gasteiger charge is 2.20. The minimum atomic E-state index is -0.663.